The van der Waals surface area contributed by atoms with Gasteiger partial charge in [-0.2, -0.15) is 0 Å². The van der Waals surface area contributed by atoms with Gasteiger partial charge >= 0.3 is 0 Å². The van der Waals surface area contributed by atoms with Crippen molar-refractivity contribution in [3.05, 3.63) is 0 Å². The van der Waals surface area contributed by atoms with E-state index in [2.05, 4.69) is 13.8 Å². The molecule has 2 saturated carbocycles. The average molecular weight is 252 g/mol. The average Bonchev–Trinajstić information content (AvgIpc) is 2.42. The molecular formula is C17H32O. The summed E-state index contributed by atoms with van der Waals surface area (Å²) in [6, 6.07) is 0. The van der Waals surface area contributed by atoms with Crippen molar-refractivity contribution in [3.8, 4) is 0 Å². The highest BCUT2D eigenvalue weighted by molar-refractivity contribution is 4.83. The minimum Gasteiger partial charge on any atom is -0.393 e. The zero-order chi connectivity index (χ0) is 13.0. The minimum atomic E-state index is 0.0159. The van der Waals surface area contributed by atoms with Gasteiger partial charge in [0, 0.05) is 0 Å². The second-order valence-corrected chi connectivity index (χ2v) is 6.82. The molecule has 1 heteroatoms. The normalized spacial score (nSPS) is 38.0. The first-order valence-corrected chi connectivity index (χ1v) is 8.42. The largest absolute Gasteiger partial charge is 0.393 e. The highest BCUT2D eigenvalue weighted by Gasteiger charge is 2.31. The molecule has 0 amide bonds. The molecule has 0 unspecified atom stereocenters. The summed E-state index contributed by atoms with van der Waals surface area (Å²) in [6.45, 7) is 4.73. The second-order valence-electron chi connectivity index (χ2n) is 6.82. The lowest BCUT2D eigenvalue weighted by atomic mass is 9.68. The predicted molar refractivity (Wildman–Crippen MR) is 77.5 cm³/mol. The molecule has 2 fully saturated rings. The van der Waals surface area contributed by atoms with Crippen LogP contribution in [0.1, 0.15) is 78.1 Å². The lowest BCUT2D eigenvalue weighted by Gasteiger charge is -2.39. The summed E-state index contributed by atoms with van der Waals surface area (Å²) in [5, 5.41) is 9.60. The summed E-state index contributed by atoms with van der Waals surface area (Å²) >= 11 is 0. The van der Waals surface area contributed by atoms with E-state index in [0.717, 1.165) is 36.5 Å². The van der Waals surface area contributed by atoms with Gasteiger partial charge in [-0.1, -0.05) is 26.7 Å². The quantitative estimate of drug-likeness (QED) is 0.763. The second kappa shape index (κ2) is 6.93. The first kappa shape index (κ1) is 14.4. The van der Waals surface area contributed by atoms with E-state index >= 15 is 0 Å². The molecule has 1 nitrogen and oxygen atoms in total. The smallest absolute Gasteiger partial charge is 0.0540 e. The highest BCUT2D eigenvalue weighted by Crippen LogP contribution is 2.42. The van der Waals surface area contributed by atoms with Crippen molar-refractivity contribution in [2.24, 2.45) is 23.7 Å². The lowest BCUT2D eigenvalue weighted by Crippen LogP contribution is -2.29. The van der Waals surface area contributed by atoms with Crippen LogP contribution in [-0.4, -0.2) is 11.2 Å². The van der Waals surface area contributed by atoms with Gasteiger partial charge in [-0.25, -0.2) is 0 Å². The van der Waals surface area contributed by atoms with Crippen molar-refractivity contribution < 1.29 is 5.11 Å². The summed E-state index contributed by atoms with van der Waals surface area (Å²) in [6.07, 6.45) is 13.4. The van der Waals surface area contributed by atoms with Gasteiger partial charge in [-0.3, -0.25) is 0 Å². The van der Waals surface area contributed by atoms with Gasteiger partial charge in [0.2, 0.25) is 0 Å². The molecule has 2 aliphatic carbocycles. The monoisotopic (exact) mass is 252 g/mol. The number of hydrogen-bond acceptors (Lipinski definition) is 1. The van der Waals surface area contributed by atoms with Gasteiger partial charge in [-0.05, 0) is 75.0 Å². The molecule has 0 aliphatic heterocycles. The van der Waals surface area contributed by atoms with Gasteiger partial charge in [0.15, 0.2) is 0 Å². The van der Waals surface area contributed by atoms with Crippen molar-refractivity contribution in [1.29, 1.82) is 0 Å². The van der Waals surface area contributed by atoms with E-state index < -0.39 is 0 Å². The Bertz CT molecular complexity index is 218. The number of rotatable bonds is 4. The summed E-state index contributed by atoms with van der Waals surface area (Å²) in [5.41, 5.74) is 0. The summed E-state index contributed by atoms with van der Waals surface area (Å²) in [7, 11) is 0. The van der Waals surface area contributed by atoms with E-state index in [1.807, 2.05) is 0 Å². The maximum absolute atomic E-state index is 9.60. The SMILES string of the molecule is CCC(CC)C1CCC(C2CCC(O)CC2)CC1. The van der Waals surface area contributed by atoms with Crippen molar-refractivity contribution in [3.63, 3.8) is 0 Å². The first-order chi connectivity index (χ1) is 8.74. The van der Waals surface area contributed by atoms with Gasteiger partial charge in [0.25, 0.3) is 0 Å². The van der Waals surface area contributed by atoms with Crippen LogP contribution in [0.15, 0.2) is 0 Å². The van der Waals surface area contributed by atoms with Crippen LogP contribution in [0.25, 0.3) is 0 Å². The van der Waals surface area contributed by atoms with E-state index in [9.17, 15) is 5.11 Å². The van der Waals surface area contributed by atoms with E-state index in [4.69, 9.17) is 0 Å². The predicted octanol–water partition coefficient (Wildman–Crippen LogP) is 4.78. The fourth-order valence-corrected chi connectivity index (χ4v) is 4.62. The Balaban J connectivity index is 1.76. The molecule has 18 heavy (non-hydrogen) atoms. The minimum absolute atomic E-state index is 0.0159. The summed E-state index contributed by atoms with van der Waals surface area (Å²) in [4.78, 5) is 0. The molecular weight excluding hydrogens is 220 g/mol. The van der Waals surface area contributed by atoms with Crippen LogP contribution in [0.2, 0.25) is 0 Å². The van der Waals surface area contributed by atoms with E-state index in [1.54, 1.807) is 0 Å². The first-order valence-electron chi connectivity index (χ1n) is 8.42. The van der Waals surface area contributed by atoms with Gasteiger partial charge < -0.3 is 5.11 Å². The van der Waals surface area contributed by atoms with Crippen LogP contribution in [0.3, 0.4) is 0 Å². The van der Waals surface area contributed by atoms with Crippen LogP contribution in [0, 0.1) is 23.7 Å². The van der Waals surface area contributed by atoms with E-state index in [1.165, 1.54) is 51.4 Å². The molecule has 0 aromatic rings. The Kier molecular flexibility index (Phi) is 5.54. The fourth-order valence-electron chi connectivity index (χ4n) is 4.62. The third-order valence-electron chi connectivity index (χ3n) is 5.94. The van der Waals surface area contributed by atoms with Crippen molar-refractivity contribution in [1.82, 2.24) is 0 Å². The van der Waals surface area contributed by atoms with E-state index in [-0.39, 0.29) is 6.10 Å². The standard InChI is InChI=1S/C17H32O/c1-3-13(4-2)14-5-7-15(8-6-14)16-9-11-17(18)12-10-16/h13-18H,3-12H2,1-2H3. The zero-order valence-corrected chi connectivity index (χ0v) is 12.4. The molecule has 0 atom stereocenters. The van der Waals surface area contributed by atoms with E-state index in [0.29, 0.717) is 0 Å². The molecule has 0 spiro atoms. The van der Waals surface area contributed by atoms with Crippen molar-refractivity contribution >= 4 is 0 Å². The summed E-state index contributed by atoms with van der Waals surface area (Å²) in [5.74, 6) is 3.93. The molecule has 0 saturated heterocycles. The molecule has 0 aromatic carbocycles. The van der Waals surface area contributed by atoms with Crippen LogP contribution in [0.4, 0.5) is 0 Å². The van der Waals surface area contributed by atoms with Crippen molar-refractivity contribution in [2.45, 2.75) is 84.2 Å². The Morgan fingerprint density at radius 3 is 1.67 bits per heavy atom. The molecule has 0 aromatic heterocycles. The van der Waals surface area contributed by atoms with Gasteiger partial charge in [-0.15, -0.1) is 0 Å². The summed E-state index contributed by atoms with van der Waals surface area (Å²) < 4.78 is 0. The fraction of sp³-hybridized carbons (Fsp3) is 1.00. The topological polar surface area (TPSA) is 20.2 Å². The van der Waals surface area contributed by atoms with Crippen LogP contribution in [0.5, 0.6) is 0 Å². The molecule has 0 radical (unpaired) electrons. The number of aliphatic hydroxyl groups excluding tert-OH is 1. The maximum atomic E-state index is 9.60. The molecule has 106 valence electrons. The van der Waals surface area contributed by atoms with Crippen LogP contribution >= 0.6 is 0 Å². The van der Waals surface area contributed by atoms with Crippen LogP contribution < -0.4 is 0 Å². The Hall–Kier alpha value is -0.0400. The van der Waals surface area contributed by atoms with Gasteiger partial charge in [0.1, 0.15) is 0 Å². The Labute approximate surface area is 113 Å². The lowest BCUT2D eigenvalue weighted by molar-refractivity contribution is 0.0712. The third-order valence-corrected chi connectivity index (χ3v) is 5.94. The molecule has 2 aliphatic rings. The Morgan fingerprint density at radius 2 is 1.22 bits per heavy atom. The number of hydrogen-bond donors (Lipinski definition) is 1. The maximum Gasteiger partial charge on any atom is 0.0540 e. The Morgan fingerprint density at radius 1 is 0.778 bits per heavy atom. The third kappa shape index (κ3) is 3.50. The number of aliphatic hydroxyl groups is 1. The zero-order valence-electron chi connectivity index (χ0n) is 12.4. The molecule has 0 bridgehead atoms. The molecule has 0 heterocycles. The molecule has 2 rings (SSSR count). The highest BCUT2D eigenvalue weighted by atomic mass is 16.3. The van der Waals surface area contributed by atoms with Crippen molar-refractivity contribution in [2.75, 3.05) is 0 Å². The van der Waals surface area contributed by atoms with Gasteiger partial charge in [0.05, 0.1) is 6.10 Å². The molecule has 1 N–H and O–H groups in total. The van der Waals surface area contributed by atoms with Crippen LogP contribution in [-0.2, 0) is 0 Å².